The van der Waals surface area contributed by atoms with Crippen LogP contribution in [0.5, 0.6) is 11.5 Å². The summed E-state index contributed by atoms with van der Waals surface area (Å²) in [6.45, 7) is 2.08. The van der Waals surface area contributed by atoms with Gasteiger partial charge in [-0.15, -0.1) is 0 Å². The summed E-state index contributed by atoms with van der Waals surface area (Å²) in [5, 5.41) is 2.56. The molecule has 162 valence electrons. The topological polar surface area (TPSA) is 94.2 Å². The molecule has 1 aliphatic heterocycles. The Hall–Kier alpha value is -3.52. The summed E-state index contributed by atoms with van der Waals surface area (Å²) in [6.07, 6.45) is 0.640. The lowest BCUT2D eigenvalue weighted by molar-refractivity contribution is -0.120. The molecule has 9 heteroatoms. The predicted molar refractivity (Wildman–Crippen MR) is 116 cm³/mol. The molecule has 0 spiro atoms. The molecule has 0 bridgehead atoms. The van der Waals surface area contributed by atoms with E-state index in [-0.39, 0.29) is 28.6 Å². The highest BCUT2D eigenvalue weighted by Gasteiger charge is 2.40. The smallest absolute Gasteiger partial charge is 0.340 e. The lowest BCUT2D eigenvalue weighted by Gasteiger charge is -2.18. The van der Waals surface area contributed by atoms with Crippen molar-refractivity contribution in [2.75, 3.05) is 31.0 Å². The normalized spacial score (nSPS) is 13.5. The van der Waals surface area contributed by atoms with Gasteiger partial charge in [0.1, 0.15) is 22.2 Å². The summed E-state index contributed by atoms with van der Waals surface area (Å²) in [7, 11) is 2.98. The summed E-state index contributed by atoms with van der Waals surface area (Å²) < 4.78 is 15.6. The molecule has 0 atom stereocenters. The monoisotopic (exact) mass is 444 g/mol. The van der Waals surface area contributed by atoms with Crippen LogP contribution < -0.4 is 19.7 Å². The Labute approximate surface area is 184 Å². The predicted octanol–water partition coefficient (Wildman–Crippen LogP) is 3.71. The second-order valence-electron chi connectivity index (χ2n) is 6.48. The van der Waals surface area contributed by atoms with Crippen LogP contribution in [-0.2, 0) is 14.3 Å². The van der Waals surface area contributed by atoms with Crippen molar-refractivity contribution < 1.29 is 28.6 Å². The number of hydrogen-bond donors (Lipinski definition) is 1. The standard InChI is InChI=1S/C22H21ClN2O6/c1-4-11-31-22(28)14-7-5-6-8-16(14)25-20(26)18(23)19(21(25)27)24-15-10-9-13(29-2)12-17(15)30-3/h5-10,12,24H,4,11H2,1-3H3. The van der Waals surface area contributed by atoms with E-state index < -0.39 is 17.8 Å². The summed E-state index contributed by atoms with van der Waals surface area (Å²) in [5.74, 6) is -1.15. The molecule has 0 radical (unpaired) electrons. The van der Waals surface area contributed by atoms with E-state index in [9.17, 15) is 14.4 Å². The number of halogens is 1. The van der Waals surface area contributed by atoms with E-state index in [0.29, 0.717) is 23.6 Å². The van der Waals surface area contributed by atoms with E-state index in [1.807, 2.05) is 6.92 Å². The molecule has 0 aliphatic carbocycles. The fourth-order valence-corrected chi connectivity index (χ4v) is 3.19. The van der Waals surface area contributed by atoms with E-state index >= 15 is 0 Å². The lowest BCUT2D eigenvalue weighted by Crippen LogP contribution is -2.33. The van der Waals surface area contributed by atoms with Crippen molar-refractivity contribution in [2.24, 2.45) is 0 Å². The number of amides is 2. The van der Waals surface area contributed by atoms with Crippen molar-refractivity contribution in [2.45, 2.75) is 13.3 Å². The van der Waals surface area contributed by atoms with Crippen LogP contribution in [0.25, 0.3) is 0 Å². The molecule has 1 N–H and O–H groups in total. The zero-order valence-corrected chi connectivity index (χ0v) is 18.0. The number of para-hydroxylation sites is 1. The van der Waals surface area contributed by atoms with Gasteiger partial charge in [-0.25, -0.2) is 9.69 Å². The molecular weight excluding hydrogens is 424 g/mol. The first-order valence-electron chi connectivity index (χ1n) is 9.46. The maximum atomic E-state index is 13.1. The highest BCUT2D eigenvalue weighted by molar-refractivity contribution is 6.53. The fourth-order valence-electron chi connectivity index (χ4n) is 2.98. The molecule has 31 heavy (non-hydrogen) atoms. The minimum absolute atomic E-state index is 0.0883. The molecule has 3 rings (SSSR count). The highest BCUT2D eigenvalue weighted by Crippen LogP contribution is 2.35. The summed E-state index contributed by atoms with van der Waals surface area (Å²) in [6, 6.07) is 11.1. The molecule has 1 heterocycles. The average molecular weight is 445 g/mol. The first-order valence-corrected chi connectivity index (χ1v) is 9.84. The lowest BCUT2D eigenvalue weighted by atomic mass is 10.1. The number of nitrogens with zero attached hydrogens (tertiary/aromatic N) is 1. The summed E-state index contributed by atoms with van der Waals surface area (Å²) in [5.41, 5.74) is 0.461. The van der Waals surface area contributed by atoms with Crippen LogP contribution in [0.15, 0.2) is 53.2 Å². The van der Waals surface area contributed by atoms with E-state index in [0.717, 1.165) is 4.90 Å². The van der Waals surface area contributed by atoms with Gasteiger partial charge in [0, 0.05) is 6.07 Å². The van der Waals surface area contributed by atoms with Crippen molar-refractivity contribution in [3.63, 3.8) is 0 Å². The molecule has 2 aromatic rings. The van der Waals surface area contributed by atoms with Gasteiger partial charge in [-0.05, 0) is 30.7 Å². The highest BCUT2D eigenvalue weighted by atomic mass is 35.5. The number of benzene rings is 2. The Morgan fingerprint density at radius 3 is 2.48 bits per heavy atom. The number of rotatable bonds is 8. The molecule has 8 nitrogen and oxygen atoms in total. The van der Waals surface area contributed by atoms with Gasteiger partial charge in [-0.1, -0.05) is 30.7 Å². The molecule has 0 saturated heterocycles. The Balaban J connectivity index is 1.94. The second-order valence-corrected chi connectivity index (χ2v) is 6.86. The average Bonchev–Trinajstić information content (AvgIpc) is 3.00. The van der Waals surface area contributed by atoms with Crippen LogP contribution in [0.1, 0.15) is 23.7 Å². The Morgan fingerprint density at radius 1 is 1.06 bits per heavy atom. The fraction of sp³-hybridized carbons (Fsp3) is 0.227. The van der Waals surface area contributed by atoms with Gasteiger partial charge < -0.3 is 19.5 Å². The molecular formula is C22H21ClN2O6. The molecule has 0 saturated carbocycles. The van der Waals surface area contributed by atoms with Gasteiger partial charge in [0.05, 0.1) is 37.8 Å². The molecule has 0 fully saturated rings. The number of carbonyl (C=O) groups is 3. The van der Waals surface area contributed by atoms with Crippen LogP contribution in [0.3, 0.4) is 0 Å². The van der Waals surface area contributed by atoms with Crippen molar-refractivity contribution in [3.05, 3.63) is 58.8 Å². The second kappa shape index (κ2) is 9.53. The molecule has 0 aromatic heterocycles. The Bertz CT molecular complexity index is 1070. The van der Waals surface area contributed by atoms with Crippen LogP contribution in [0.2, 0.25) is 0 Å². The van der Waals surface area contributed by atoms with Gasteiger partial charge in [-0.2, -0.15) is 0 Å². The number of carbonyl (C=O) groups excluding carboxylic acids is 3. The van der Waals surface area contributed by atoms with Gasteiger partial charge in [0.15, 0.2) is 0 Å². The minimum atomic E-state index is -0.752. The van der Waals surface area contributed by atoms with Gasteiger partial charge in [0.25, 0.3) is 11.8 Å². The van der Waals surface area contributed by atoms with Gasteiger partial charge in [-0.3, -0.25) is 9.59 Å². The number of esters is 1. The first-order chi connectivity index (χ1) is 14.9. The SMILES string of the molecule is CCCOC(=O)c1ccccc1N1C(=O)C(Cl)=C(Nc2ccc(OC)cc2OC)C1=O. The van der Waals surface area contributed by atoms with E-state index in [1.54, 1.807) is 30.3 Å². The Morgan fingerprint density at radius 2 is 1.81 bits per heavy atom. The van der Waals surface area contributed by atoms with Crippen molar-refractivity contribution in [1.82, 2.24) is 0 Å². The largest absolute Gasteiger partial charge is 0.497 e. The number of imide groups is 1. The summed E-state index contributed by atoms with van der Waals surface area (Å²) >= 11 is 6.21. The maximum absolute atomic E-state index is 13.1. The van der Waals surface area contributed by atoms with E-state index in [4.69, 9.17) is 25.8 Å². The zero-order chi connectivity index (χ0) is 22.5. The maximum Gasteiger partial charge on any atom is 0.340 e. The number of ether oxygens (including phenoxy) is 3. The minimum Gasteiger partial charge on any atom is -0.497 e. The van der Waals surface area contributed by atoms with Crippen LogP contribution >= 0.6 is 11.6 Å². The molecule has 2 amide bonds. The number of anilines is 2. The van der Waals surface area contributed by atoms with Gasteiger partial charge in [0.2, 0.25) is 0 Å². The summed E-state index contributed by atoms with van der Waals surface area (Å²) in [4.78, 5) is 39.2. The third kappa shape index (κ3) is 4.34. The number of nitrogens with one attached hydrogen (secondary N) is 1. The first kappa shape index (κ1) is 22.2. The quantitative estimate of drug-likeness (QED) is 0.490. The van der Waals surface area contributed by atoms with E-state index in [2.05, 4.69) is 5.32 Å². The van der Waals surface area contributed by atoms with Crippen molar-refractivity contribution >= 4 is 40.8 Å². The Kier molecular flexibility index (Phi) is 6.81. The zero-order valence-electron chi connectivity index (χ0n) is 17.2. The van der Waals surface area contributed by atoms with E-state index in [1.165, 1.54) is 26.4 Å². The van der Waals surface area contributed by atoms with Crippen LogP contribution in [0, 0.1) is 0 Å². The van der Waals surface area contributed by atoms with Crippen LogP contribution in [0.4, 0.5) is 11.4 Å². The molecule has 1 aliphatic rings. The third-order valence-corrected chi connectivity index (χ3v) is 4.85. The number of hydrogen-bond acceptors (Lipinski definition) is 7. The van der Waals surface area contributed by atoms with Crippen LogP contribution in [-0.4, -0.2) is 38.6 Å². The number of methoxy groups -OCH3 is 2. The van der Waals surface area contributed by atoms with Crippen molar-refractivity contribution in [1.29, 1.82) is 0 Å². The molecule has 2 aromatic carbocycles. The third-order valence-electron chi connectivity index (χ3n) is 4.50. The van der Waals surface area contributed by atoms with Gasteiger partial charge >= 0.3 is 5.97 Å². The van der Waals surface area contributed by atoms with Crippen molar-refractivity contribution in [3.8, 4) is 11.5 Å². The molecule has 0 unspecified atom stereocenters.